The van der Waals surface area contributed by atoms with Crippen LogP contribution in [0.5, 0.6) is 5.75 Å². The lowest BCUT2D eigenvalue weighted by Crippen LogP contribution is -2.30. The fourth-order valence-electron chi connectivity index (χ4n) is 2.59. The highest BCUT2D eigenvalue weighted by atomic mass is 32.2. The first kappa shape index (κ1) is 14.5. The molecular formula is C15H23NO2S. The van der Waals surface area contributed by atoms with Crippen LogP contribution in [-0.4, -0.2) is 23.6 Å². The van der Waals surface area contributed by atoms with Crippen molar-refractivity contribution in [3.63, 3.8) is 0 Å². The van der Waals surface area contributed by atoms with Crippen molar-refractivity contribution in [2.24, 2.45) is 0 Å². The van der Waals surface area contributed by atoms with Crippen LogP contribution in [-0.2, 0) is 4.74 Å². The second-order valence-corrected chi connectivity index (χ2v) is 7.42. The van der Waals surface area contributed by atoms with Gasteiger partial charge in [0.2, 0.25) is 0 Å². The Morgan fingerprint density at radius 3 is 2.53 bits per heavy atom. The van der Waals surface area contributed by atoms with Crippen molar-refractivity contribution >= 4 is 17.4 Å². The normalized spacial score (nSPS) is 24.4. The van der Waals surface area contributed by atoms with E-state index in [4.69, 9.17) is 15.2 Å². The second-order valence-electron chi connectivity index (χ2n) is 6.18. The molecule has 1 aliphatic heterocycles. The van der Waals surface area contributed by atoms with Crippen molar-refractivity contribution in [3.8, 4) is 5.75 Å². The van der Waals surface area contributed by atoms with Crippen LogP contribution in [0.2, 0.25) is 0 Å². The van der Waals surface area contributed by atoms with E-state index in [0.29, 0.717) is 5.25 Å². The van der Waals surface area contributed by atoms with E-state index in [1.54, 1.807) is 18.9 Å². The van der Waals surface area contributed by atoms with Crippen LogP contribution in [0.15, 0.2) is 23.1 Å². The van der Waals surface area contributed by atoms with Gasteiger partial charge in [-0.2, -0.15) is 0 Å². The van der Waals surface area contributed by atoms with Crippen molar-refractivity contribution in [3.05, 3.63) is 18.2 Å². The molecule has 1 atom stereocenters. The number of nitrogen functional groups attached to an aromatic ring is 1. The van der Waals surface area contributed by atoms with E-state index in [2.05, 4.69) is 27.7 Å². The van der Waals surface area contributed by atoms with Gasteiger partial charge in [-0.3, -0.25) is 0 Å². The Hall–Kier alpha value is -0.870. The Balaban J connectivity index is 2.22. The molecule has 106 valence electrons. The topological polar surface area (TPSA) is 44.5 Å². The summed E-state index contributed by atoms with van der Waals surface area (Å²) in [5.74, 6) is 0.840. The van der Waals surface area contributed by atoms with Gasteiger partial charge in [0.25, 0.3) is 0 Å². The van der Waals surface area contributed by atoms with Gasteiger partial charge in [-0.15, -0.1) is 11.8 Å². The maximum absolute atomic E-state index is 6.12. The minimum absolute atomic E-state index is 0.0746. The zero-order valence-electron chi connectivity index (χ0n) is 12.3. The third kappa shape index (κ3) is 3.18. The van der Waals surface area contributed by atoms with E-state index in [0.717, 1.165) is 22.8 Å². The van der Waals surface area contributed by atoms with Crippen molar-refractivity contribution in [1.29, 1.82) is 0 Å². The lowest BCUT2D eigenvalue weighted by molar-refractivity contribution is -0.0631. The number of anilines is 1. The molecule has 0 bridgehead atoms. The lowest BCUT2D eigenvalue weighted by Gasteiger charge is -2.27. The van der Waals surface area contributed by atoms with E-state index in [-0.39, 0.29) is 11.2 Å². The Morgan fingerprint density at radius 1 is 1.32 bits per heavy atom. The number of benzene rings is 1. The second kappa shape index (κ2) is 4.91. The van der Waals surface area contributed by atoms with Gasteiger partial charge in [0.05, 0.1) is 18.3 Å². The molecule has 1 saturated heterocycles. The first-order valence-electron chi connectivity index (χ1n) is 6.54. The molecule has 0 saturated carbocycles. The smallest absolute Gasteiger partial charge is 0.120 e. The van der Waals surface area contributed by atoms with Gasteiger partial charge in [-0.25, -0.2) is 0 Å². The molecule has 4 heteroatoms. The molecule has 1 aromatic carbocycles. The number of thioether (sulfide) groups is 1. The number of nitrogens with two attached hydrogens (primary N) is 1. The van der Waals surface area contributed by atoms with E-state index >= 15 is 0 Å². The van der Waals surface area contributed by atoms with Crippen molar-refractivity contribution < 1.29 is 9.47 Å². The van der Waals surface area contributed by atoms with Crippen LogP contribution < -0.4 is 10.5 Å². The van der Waals surface area contributed by atoms with Crippen LogP contribution >= 0.6 is 11.8 Å². The standard InChI is InChI=1S/C15H23NO2S/c1-14(2)9-13(15(3,4)18-14)19-12-8-10(17-5)6-7-11(12)16/h6-8,13H,9,16H2,1-5H3. The predicted octanol–water partition coefficient (Wildman–Crippen LogP) is 3.72. The summed E-state index contributed by atoms with van der Waals surface area (Å²) in [6.45, 7) is 8.58. The van der Waals surface area contributed by atoms with Gasteiger partial charge >= 0.3 is 0 Å². The molecule has 1 unspecified atom stereocenters. The van der Waals surface area contributed by atoms with Crippen LogP contribution in [0.3, 0.4) is 0 Å². The maximum Gasteiger partial charge on any atom is 0.120 e. The molecule has 1 heterocycles. The van der Waals surface area contributed by atoms with Gasteiger partial charge in [0, 0.05) is 15.8 Å². The Kier molecular flexibility index (Phi) is 3.76. The molecule has 19 heavy (non-hydrogen) atoms. The predicted molar refractivity (Wildman–Crippen MR) is 80.9 cm³/mol. The zero-order valence-corrected chi connectivity index (χ0v) is 13.1. The molecule has 1 aromatic rings. The Morgan fingerprint density at radius 2 is 2.00 bits per heavy atom. The van der Waals surface area contributed by atoms with E-state index < -0.39 is 0 Å². The molecule has 0 radical (unpaired) electrons. The summed E-state index contributed by atoms with van der Waals surface area (Å²) in [6, 6.07) is 5.79. The van der Waals surface area contributed by atoms with Crippen LogP contribution in [0.4, 0.5) is 5.69 Å². The van der Waals surface area contributed by atoms with Gasteiger partial charge < -0.3 is 15.2 Å². The average Bonchev–Trinajstić information content (AvgIpc) is 2.49. The maximum atomic E-state index is 6.12. The molecule has 0 aliphatic carbocycles. The molecule has 0 spiro atoms. The molecule has 0 aromatic heterocycles. The molecule has 2 N–H and O–H groups in total. The Labute approximate surface area is 119 Å². The molecule has 1 aliphatic rings. The average molecular weight is 281 g/mol. The highest BCUT2D eigenvalue weighted by Crippen LogP contribution is 2.47. The molecule has 0 amide bonds. The highest BCUT2D eigenvalue weighted by Gasteiger charge is 2.46. The first-order valence-corrected chi connectivity index (χ1v) is 7.42. The third-order valence-electron chi connectivity index (χ3n) is 3.48. The molecule has 1 fully saturated rings. The van der Waals surface area contributed by atoms with Crippen molar-refractivity contribution in [2.75, 3.05) is 12.8 Å². The Bertz CT molecular complexity index is 471. The molecule has 2 rings (SSSR count). The minimum atomic E-state index is -0.149. The number of hydrogen-bond acceptors (Lipinski definition) is 4. The van der Waals surface area contributed by atoms with Gasteiger partial charge in [0.1, 0.15) is 5.75 Å². The first-order chi connectivity index (χ1) is 8.73. The van der Waals surface area contributed by atoms with Gasteiger partial charge in [-0.1, -0.05) is 0 Å². The quantitative estimate of drug-likeness (QED) is 0.858. The summed E-state index contributed by atoms with van der Waals surface area (Å²) in [5, 5.41) is 0.386. The molecular weight excluding hydrogens is 258 g/mol. The summed E-state index contributed by atoms with van der Waals surface area (Å²) in [6.07, 6.45) is 1.02. The van der Waals surface area contributed by atoms with Crippen molar-refractivity contribution in [2.45, 2.75) is 55.5 Å². The minimum Gasteiger partial charge on any atom is -0.497 e. The van der Waals surface area contributed by atoms with Gasteiger partial charge in [-0.05, 0) is 52.3 Å². The van der Waals surface area contributed by atoms with Crippen LogP contribution in [0.25, 0.3) is 0 Å². The lowest BCUT2D eigenvalue weighted by atomic mass is 10.0. The summed E-state index contributed by atoms with van der Waals surface area (Å²) >= 11 is 1.79. The summed E-state index contributed by atoms with van der Waals surface area (Å²) in [5.41, 5.74) is 6.64. The number of rotatable bonds is 3. The largest absolute Gasteiger partial charge is 0.497 e. The monoisotopic (exact) mass is 281 g/mol. The highest BCUT2D eigenvalue weighted by molar-refractivity contribution is 8.00. The van der Waals surface area contributed by atoms with Crippen molar-refractivity contribution in [1.82, 2.24) is 0 Å². The SMILES string of the molecule is COc1ccc(N)c(SC2CC(C)(C)OC2(C)C)c1. The fourth-order valence-corrected chi connectivity index (χ4v) is 4.10. The van der Waals surface area contributed by atoms with Crippen LogP contribution in [0, 0.1) is 0 Å². The number of ether oxygens (including phenoxy) is 2. The van der Waals surface area contributed by atoms with E-state index in [1.165, 1.54) is 0 Å². The van der Waals surface area contributed by atoms with E-state index in [1.807, 2.05) is 18.2 Å². The number of methoxy groups -OCH3 is 1. The summed E-state index contributed by atoms with van der Waals surface area (Å²) in [4.78, 5) is 1.07. The summed E-state index contributed by atoms with van der Waals surface area (Å²) in [7, 11) is 1.67. The molecule has 3 nitrogen and oxygen atoms in total. The third-order valence-corrected chi connectivity index (χ3v) is 5.11. The zero-order chi connectivity index (χ0) is 14.3. The van der Waals surface area contributed by atoms with E-state index in [9.17, 15) is 0 Å². The van der Waals surface area contributed by atoms with Gasteiger partial charge in [0.15, 0.2) is 0 Å². The van der Waals surface area contributed by atoms with Crippen LogP contribution in [0.1, 0.15) is 34.1 Å². The summed E-state index contributed by atoms with van der Waals surface area (Å²) < 4.78 is 11.4. The number of hydrogen-bond donors (Lipinski definition) is 1. The fraction of sp³-hybridized carbons (Fsp3) is 0.600.